The number of rotatable bonds is 1. The maximum absolute atomic E-state index is 8.02. The molecule has 0 spiro atoms. The van der Waals surface area contributed by atoms with Crippen LogP contribution in [0.3, 0.4) is 0 Å². The maximum atomic E-state index is 8.02. The highest BCUT2D eigenvalue weighted by molar-refractivity contribution is 5.62. The zero-order chi connectivity index (χ0) is 5.82. The molecule has 0 saturated carbocycles. The molecule has 0 aromatic rings. The lowest BCUT2D eigenvalue weighted by molar-refractivity contribution is 0.158. The molecule has 0 bridgehead atoms. The normalized spacial score (nSPS) is 29.8. The van der Waals surface area contributed by atoms with E-state index in [1.165, 1.54) is 6.21 Å². The molecule has 1 atom stereocenters. The van der Waals surface area contributed by atoms with E-state index >= 15 is 0 Å². The van der Waals surface area contributed by atoms with Crippen LogP contribution >= 0.6 is 0 Å². The van der Waals surface area contributed by atoms with Crippen LogP contribution in [0, 0.1) is 0 Å². The van der Waals surface area contributed by atoms with E-state index in [1.807, 2.05) is 0 Å². The number of hydrogen-bond donors (Lipinski definition) is 1. The summed E-state index contributed by atoms with van der Waals surface area (Å²) < 4.78 is 5.08. The van der Waals surface area contributed by atoms with E-state index in [2.05, 4.69) is 5.16 Å². The fourth-order valence-electron chi connectivity index (χ4n) is 0.794. The Balaban J connectivity index is 2.24. The van der Waals surface area contributed by atoms with Crippen molar-refractivity contribution in [2.24, 2.45) is 5.16 Å². The smallest absolute Gasteiger partial charge is 0.0960 e. The highest BCUT2D eigenvalue weighted by Gasteiger charge is 2.11. The summed E-state index contributed by atoms with van der Waals surface area (Å²) in [5, 5.41) is 10.9. The summed E-state index contributed by atoms with van der Waals surface area (Å²) in [4.78, 5) is 0. The monoisotopic (exact) mass is 115 g/mol. The molecule has 1 saturated heterocycles. The van der Waals surface area contributed by atoms with Crippen LogP contribution in [0.1, 0.15) is 12.8 Å². The first-order chi connectivity index (χ1) is 3.93. The summed E-state index contributed by atoms with van der Waals surface area (Å²) in [7, 11) is 0. The topological polar surface area (TPSA) is 41.8 Å². The van der Waals surface area contributed by atoms with Crippen molar-refractivity contribution in [2.45, 2.75) is 18.9 Å². The molecule has 0 aliphatic carbocycles. The van der Waals surface area contributed by atoms with E-state index in [0.29, 0.717) is 0 Å². The molecule has 0 aromatic carbocycles. The Kier molecular flexibility index (Phi) is 1.86. The summed E-state index contributed by atoms with van der Waals surface area (Å²) in [5.74, 6) is 0. The molecule has 1 rings (SSSR count). The summed E-state index contributed by atoms with van der Waals surface area (Å²) in [5.41, 5.74) is 0. The van der Waals surface area contributed by atoms with Crippen molar-refractivity contribution in [1.82, 2.24) is 0 Å². The van der Waals surface area contributed by atoms with Gasteiger partial charge in [0.25, 0.3) is 0 Å². The van der Waals surface area contributed by atoms with Crippen LogP contribution < -0.4 is 0 Å². The van der Waals surface area contributed by atoms with Gasteiger partial charge in [-0.05, 0) is 12.8 Å². The second-order valence-electron chi connectivity index (χ2n) is 1.82. The standard InChI is InChI=1S/C5H9NO2/c7-6-4-5-2-1-3-8-5/h4-5,7H,1-3H2/t5-/m0/s1. The van der Waals surface area contributed by atoms with Crippen LogP contribution in [-0.4, -0.2) is 24.1 Å². The average molecular weight is 115 g/mol. The molecule has 46 valence electrons. The molecule has 1 N–H and O–H groups in total. The van der Waals surface area contributed by atoms with Gasteiger partial charge in [-0.3, -0.25) is 0 Å². The maximum Gasteiger partial charge on any atom is 0.0960 e. The van der Waals surface area contributed by atoms with Crippen LogP contribution in [0.4, 0.5) is 0 Å². The molecular formula is C5H9NO2. The summed E-state index contributed by atoms with van der Waals surface area (Å²) in [6.07, 6.45) is 3.56. The largest absolute Gasteiger partial charge is 0.411 e. The minimum atomic E-state index is 0.0694. The summed E-state index contributed by atoms with van der Waals surface area (Å²) >= 11 is 0. The first kappa shape index (κ1) is 5.56. The summed E-state index contributed by atoms with van der Waals surface area (Å²) in [6, 6.07) is 0. The Labute approximate surface area is 48.0 Å². The molecule has 0 amide bonds. The lowest BCUT2D eigenvalue weighted by Crippen LogP contribution is -2.05. The molecular weight excluding hydrogens is 106 g/mol. The van der Waals surface area contributed by atoms with Crippen LogP contribution in [-0.2, 0) is 4.74 Å². The van der Waals surface area contributed by atoms with Crippen molar-refractivity contribution in [3.63, 3.8) is 0 Å². The number of nitrogens with zero attached hydrogens (tertiary/aromatic N) is 1. The van der Waals surface area contributed by atoms with Crippen molar-refractivity contribution in [3.05, 3.63) is 0 Å². The Bertz CT molecular complexity index is 86.4. The molecule has 3 nitrogen and oxygen atoms in total. The van der Waals surface area contributed by atoms with Gasteiger partial charge in [0.15, 0.2) is 0 Å². The van der Waals surface area contributed by atoms with Crippen molar-refractivity contribution < 1.29 is 9.94 Å². The Hall–Kier alpha value is -0.570. The first-order valence-electron chi connectivity index (χ1n) is 2.72. The average Bonchev–Trinajstić information content (AvgIpc) is 2.19. The Morgan fingerprint density at radius 1 is 1.75 bits per heavy atom. The number of hydrogen-bond acceptors (Lipinski definition) is 3. The fourth-order valence-corrected chi connectivity index (χ4v) is 0.794. The summed E-state index contributed by atoms with van der Waals surface area (Å²) in [6.45, 7) is 0.802. The third kappa shape index (κ3) is 1.20. The van der Waals surface area contributed by atoms with Crippen molar-refractivity contribution >= 4 is 6.21 Å². The van der Waals surface area contributed by atoms with Gasteiger partial charge in [0.2, 0.25) is 0 Å². The van der Waals surface area contributed by atoms with Gasteiger partial charge in [-0.15, -0.1) is 0 Å². The van der Waals surface area contributed by atoms with Crippen LogP contribution in [0.15, 0.2) is 5.16 Å². The number of oxime groups is 1. The van der Waals surface area contributed by atoms with Crippen molar-refractivity contribution in [3.8, 4) is 0 Å². The van der Waals surface area contributed by atoms with E-state index in [9.17, 15) is 0 Å². The first-order valence-corrected chi connectivity index (χ1v) is 2.72. The van der Waals surface area contributed by atoms with E-state index in [1.54, 1.807) is 0 Å². The highest BCUT2D eigenvalue weighted by atomic mass is 16.5. The van der Waals surface area contributed by atoms with E-state index in [-0.39, 0.29) is 6.10 Å². The lowest BCUT2D eigenvalue weighted by Gasteiger charge is -1.96. The third-order valence-electron chi connectivity index (χ3n) is 1.20. The van der Waals surface area contributed by atoms with E-state index in [0.717, 1.165) is 19.4 Å². The molecule has 0 unspecified atom stereocenters. The van der Waals surface area contributed by atoms with Gasteiger partial charge in [0.1, 0.15) is 0 Å². The second kappa shape index (κ2) is 2.67. The van der Waals surface area contributed by atoms with Crippen LogP contribution in [0.2, 0.25) is 0 Å². The zero-order valence-electron chi connectivity index (χ0n) is 4.58. The molecule has 0 radical (unpaired) electrons. The molecule has 1 fully saturated rings. The molecule has 8 heavy (non-hydrogen) atoms. The second-order valence-corrected chi connectivity index (χ2v) is 1.82. The SMILES string of the molecule is ON=C[C@@H]1CCCO1. The van der Waals surface area contributed by atoms with Gasteiger partial charge in [0.05, 0.1) is 12.3 Å². The van der Waals surface area contributed by atoms with Gasteiger partial charge >= 0.3 is 0 Å². The Morgan fingerprint density at radius 2 is 2.62 bits per heavy atom. The van der Waals surface area contributed by atoms with Crippen molar-refractivity contribution in [2.75, 3.05) is 6.61 Å². The minimum Gasteiger partial charge on any atom is -0.411 e. The molecule has 1 aliphatic heterocycles. The highest BCUT2D eigenvalue weighted by Crippen LogP contribution is 2.08. The minimum absolute atomic E-state index is 0.0694. The molecule has 0 aromatic heterocycles. The molecule has 1 heterocycles. The predicted octanol–water partition coefficient (Wildman–Crippen LogP) is 0.625. The number of ether oxygens (including phenoxy) is 1. The van der Waals surface area contributed by atoms with E-state index < -0.39 is 0 Å². The van der Waals surface area contributed by atoms with E-state index in [4.69, 9.17) is 9.94 Å². The zero-order valence-corrected chi connectivity index (χ0v) is 4.58. The van der Waals surface area contributed by atoms with Gasteiger partial charge < -0.3 is 9.94 Å². The quantitative estimate of drug-likeness (QED) is 0.309. The fraction of sp³-hybridized carbons (Fsp3) is 0.800. The van der Waals surface area contributed by atoms with Crippen LogP contribution in [0.5, 0.6) is 0 Å². The van der Waals surface area contributed by atoms with Gasteiger partial charge in [0, 0.05) is 6.61 Å². The Morgan fingerprint density at radius 3 is 3.12 bits per heavy atom. The molecule has 3 heteroatoms. The van der Waals surface area contributed by atoms with Gasteiger partial charge in [-0.2, -0.15) is 0 Å². The van der Waals surface area contributed by atoms with Gasteiger partial charge in [-0.25, -0.2) is 0 Å². The van der Waals surface area contributed by atoms with Gasteiger partial charge in [-0.1, -0.05) is 5.16 Å². The van der Waals surface area contributed by atoms with Crippen LogP contribution in [0.25, 0.3) is 0 Å². The third-order valence-corrected chi connectivity index (χ3v) is 1.20. The lowest BCUT2D eigenvalue weighted by atomic mass is 10.3. The molecule has 1 aliphatic rings. The predicted molar refractivity (Wildman–Crippen MR) is 29.3 cm³/mol. The van der Waals surface area contributed by atoms with Crippen molar-refractivity contribution in [1.29, 1.82) is 0 Å².